The molecule has 0 fully saturated rings. The smallest absolute Gasteiger partial charge is 0.193 e. The molecule has 0 saturated heterocycles. The minimum atomic E-state index is -1.81. The van der Waals surface area contributed by atoms with Crippen LogP contribution in [0.1, 0.15) is 77.3 Å². The van der Waals surface area contributed by atoms with Crippen molar-refractivity contribution in [3.05, 3.63) is 142 Å². The molecule has 4 aromatic rings. The van der Waals surface area contributed by atoms with Gasteiger partial charge < -0.3 is 20.4 Å². The number of benzene rings is 4. The standard InChI is InChI=1S/C37H36N2O4/c1-24(2)11-10-12-25(3)19-20-39-32-22-28(35(40)26-13-6-4-7-14-26)17-18-31(32)38-34-30(37(42)43)21-29(23-33(34)39)36(41)27-15-8-5-9-16-27/h4-9,11,13-19,21-23,37-38,42-43H,10,12,20H2,1-3H3. The zero-order chi connectivity index (χ0) is 30.5. The number of rotatable bonds is 10. The second-order valence-electron chi connectivity index (χ2n) is 11.1. The van der Waals surface area contributed by atoms with Gasteiger partial charge in [0.15, 0.2) is 17.9 Å². The quantitative estimate of drug-likeness (QED) is 0.101. The topological polar surface area (TPSA) is 89.9 Å². The molecule has 43 heavy (non-hydrogen) atoms. The van der Waals surface area contributed by atoms with E-state index in [0.717, 1.165) is 24.2 Å². The zero-order valence-corrected chi connectivity index (χ0v) is 24.7. The number of fused-ring (bicyclic) bond motifs is 2. The van der Waals surface area contributed by atoms with E-state index in [1.54, 1.807) is 48.5 Å². The average Bonchev–Trinajstić information content (AvgIpc) is 3.02. The Hall–Kier alpha value is -4.78. The molecule has 0 saturated carbocycles. The van der Waals surface area contributed by atoms with Crippen molar-refractivity contribution < 1.29 is 19.8 Å². The van der Waals surface area contributed by atoms with Crippen LogP contribution in [0.5, 0.6) is 0 Å². The van der Waals surface area contributed by atoms with Gasteiger partial charge in [-0.25, -0.2) is 0 Å². The van der Waals surface area contributed by atoms with Crippen LogP contribution in [0.25, 0.3) is 0 Å². The van der Waals surface area contributed by atoms with Crippen LogP contribution in [0.15, 0.2) is 114 Å². The second kappa shape index (κ2) is 13.0. The van der Waals surface area contributed by atoms with E-state index in [9.17, 15) is 19.8 Å². The fraction of sp³-hybridized carbons (Fsp3) is 0.189. The maximum atomic E-state index is 13.5. The lowest BCUT2D eigenvalue weighted by Crippen LogP contribution is -2.25. The highest BCUT2D eigenvalue weighted by atomic mass is 16.5. The third-order valence-electron chi connectivity index (χ3n) is 7.58. The number of carbonyl (C=O) groups is 2. The largest absolute Gasteiger partial charge is 0.364 e. The fourth-order valence-corrected chi connectivity index (χ4v) is 5.25. The molecule has 0 bridgehead atoms. The van der Waals surface area contributed by atoms with Gasteiger partial charge in [0.05, 0.1) is 22.7 Å². The Balaban J connectivity index is 1.62. The van der Waals surface area contributed by atoms with Crippen LogP contribution in [0, 0.1) is 0 Å². The zero-order valence-electron chi connectivity index (χ0n) is 24.7. The monoisotopic (exact) mass is 572 g/mol. The highest BCUT2D eigenvalue weighted by Gasteiger charge is 2.29. The molecule has 4 aromatic carbocycles. The van der Waals surface area contributed by atoms with E-state index in [-0.39, 0.29) is 17.1 Å². The Kier molecular flexibility index (Phi) is 9.00. The molecule has 218 valence electrons. The number of nitrogens with one attached hydrogen (secondary N) is 1. The first-order chi connectivity index (χ1) is 20.7. The molecule has 5 rings (SSSR count). The van der Waals surface area contributed by atoms with Crippen LogP contribution < -0.4 is 10.2 Å². The first kappa shape index (κ1) is 29.7. The van der Waals surface area contributed by atoms with E-state index >= 15 is 0 Å². The first-order valence-corrected chi connectivity index (χ1v) is 14.4. The Morgan fingerprint density at radius 2 is 1.35 bits per heavy atom. The van der Waals surface area contributed by atoms with Gasteiger partial charge in [0.25, 0.3) is 0 Å². The van der Waals surface area contributed by atoms with E-state index in [1.165, 1.54) is 17.2 Å². The van der Waals surface area contributed by atoms with Crippen LogP contribution in [0.2, 0.25) is 0 Å². The summed E-state index contributed by atoms with van der Waals surface area (Å²) in [7, 11) is 0. The van der Waals surface area contributed by atoms with Crippen molar-refractivity contribution in [1.29, 1.82) is 0 Å². The van der Waals surface area contributed by atoms with Gasteiger partial charge in [-0.15, -0.1) is 0 Å². The number of hydrogen-bond donors (Lipinski definition) is 3. The number of carbonyl (C=O) groups excluding carboxylic acids is 2. The molecule has 0 atom stereocenters. The van der Waals surface area contributed by atoms with Crippen LogP contribution >= 0.6 is 0 Å². The van der Waals surface area contributed by atoms with E-state index in [1.807, 2.05) is 41.3 Å². The summed E-state index contributed by atoms with van der Waals surface area (Å²) in [5.41, 5.74) is 7.24. The van der Waals surface area contributed by atoms with Crippen molar-refractivity contribution in [2.75, 3.05) is 16.8 Å². The molecule has 6 nitrogen and oxygen atoms in total. The minimum absolute atomic E-state index is 0.0953. The Bertz CT molecular complexity index is 1700. The molecule has 1 aliphatic rings. The molecule has 3 N–H and O–H groups in total. The highest BCUT2D eigenvalue weighted by Crippen LogP contribution is 2.47. The summed E-state index contributed by atoms with van der Waals surface area (Å²) in [5.74, 6) is -0.320. The SMILES string of the molecule is CC(C)=CCCC(C)=CCN1c2cc(C(=O)c3ccccc3)ccc2Nc2c(C(O)O)cc(C(=O)c3ccccc3)cc21. The van der Waals surface area contributed by atoms with Crippen molar-refractivity contribution in [3.8, 4) is 0 Å². The van der Waals surface area contributed by atoms with Gasteiger partial charge in [0.1, 0.15) is 0 Å². The third-order valence-corrected chi connectivity index (χ3v) is 7.58. The number of ketones is 2. The third kappa shape index (κ3) is 6.67. The number of aliphatic hydroxyl groups excluding tert-OH is 1. The van der Waals surface area contributed by atoms with Gasteiger partial charge in [-0.05, 0) is 63.9 Å². The maximum absolute atomic E-state index is 13.5. The van der Waals surface area contributed by atoms with Gasteiger partial charge in [-0.3, -0.25) is 9.59 Å². The van der Waals surface area contributed by atoms with Gasteiger partial charge in [0, 0.05) is 34.4 Å². The van der Waals surface area contributed by atoms with Crippen LogP contribution in [0.4, 0.5) is 22.7 Å². The average molecular weight is 573 g/mol. The molecule has 0 unspecified atom stereocenters. The number of aliphatic hydroxyl groups is 2. The summed E-state index contributed by atoms with van der Waals surface area (Å²) in [6.45, 7) is 6.72. The number of anilines is 4. The molecule has 0 amide bonds. The van der Waals surface area contributed by atoms with Crippen LogP contribution in [0.3, 0.4) is 0 Å². The first-order valence-electron chi connectivity index (χ1n) is 14.4. The molecular formula is C37H36N2O4. The molecule has 6 heteroatoms. The van der Waals surface area contributed by atoms with Gasteiger partial charge >= 0.3 is 0 Å². The lowest BCUT2D eigenvalue weighted by molar-refractivity contribution is -0.0418. The molecule has 0 spiro atoms. The van der Waals surface area contributed by atoms with Gasteiger partial charge in [0.2, 0.25) is 0 Å². The number of nitrogens with zero attached hydrogens (tertiary/aromatic N) is 1. The second-order valence-corrected chi connectivity index (χ2v) is 11.1. The van der Waals surface area contributed by atoms with E-state index in [4.69, 9.17) is 0 Å². The number of allylic oxidation sites excluding steroid dienone is 3. The summed E-state index contributed by atoms with van der Waals surface area (Å²) < 4.78 is 0. The van der Waals surface area contributed by atoms with Crippen molar-refractivity contribution in [3.63, 3.8) is 0 Å². The molecule has 0 aliphatic carbocycles. The number of hydrogen-bond acceptors (Lipinski definition) is 6. The van der Waals surface area contributed by atoms with Crippen LogP contribution in [-0.2, 0) is 0 Å². The normalized spacial score (nSPS) is 12.3. The van der Waals surface area contributed by atoms with E-state index < -0.39 is 6.29 Å². The summed E-state index contributed by atoms with van der Waals surface area (Å²) in [5, 5.41) is 24.2. The van der Waals surface area contributed by atoms with E-state index in [0.29, 0.717) is 40.2 Å². The predicted octanol–water partition coefficient (Wildman–Crippen LogP) is 8.02. The van der Waals surface area contributed by atoms with E-state index in [2.05, 4.69) is 38.2 Å². The molecule has 0 radical (unpaired) electrons. The van der Waals surface area contributed by atoms with Crippen molar-refractivity contribution in [2.24, 2.45) is 0 Å². The minimum Gasteiger partial charge on any atom is -0.364 e. The van der Waals surface area contributed by atoms with Crippen molar-refractivity contribution >= 4 is 34.3 Å². The Labute approximate surface area is 252 Å². The summed E-state index contributed by atoms with van der Waals surface area (Å²) >= 11 is 0. The molecular weight excluding hydrogens is 536 g/mol. The molecule has 1 aliphatic heterocycles. The van der Waals surface area contributed by atoms with Gasteiger partial charge in [-0.1, -0.05) is 84.0 Å². The maximum Gasteiger partial charge on any atom is 0.193 e. The van der Waals surface area contributed by atoms with Crippen molar-refractivity contribution in [2.45, 2.75) is 39.9 Å². The molecule has 1 heterocycles. The molecule has 0 aromatic heterocycles. The lowest BCUT2D eigenvalue weighted by Gasteiger charge is -2.35. The Morgan fingerprint density at radius 1 is 0.744 bits per heavy atom. The summed E-state index contributed by atoms with van der Waals surface area (Å²) in [6, 6.07) is 26.8. The van der Waals surface area contributed by atoms with Crippen molar-refractivity contribution in [1.82, 2.24) is 0 Å². The lowest BCUT2D eigenvalue weighted by atomic mass is 9.95. The fourth-order valence-electron chi connectivity index (χ4n) is 5.25. The highest BCUT2D eigenvalue weighted by molar-refractivity contribution is 6.12. The summed E-state index contributed by atoms with van der Waals surface area (Å²) in [6.07, 6.45) is 4.38. The predicted molar refractivity (Wildman–Crippen MR) is 173 cm³/mol. The Morgan fingerprint density at radius 3 is 1.95 bits per heavy atom. The summed E-state index contributed by atoms with van der Waals surface area (Å²) in [4.78, 5) is 29.0. The van der Waals surface area contributed by atoms with Crippen LogP contribution in [-0.4, -0.2) is 28.3 Å². The van der Waals surface area contributed by atoms with Gasteiger partial charge in [-0.2, -0.15) is 0 Å².